The van der Waals surface area contributed by atoms with E-state index in [2.05, 4.69) is 0 Å². The van der Waals surface area contributed by atoms with Crippen LogP contribution >= 0.6 is 10.7 Å². The fraction of sp³-hybridized carbons (Fsp3) is 0.462. The zero-order valence-electron chi connectivity index (χ0n) is 11.3. The highest BCUT2D eigenvalue weighted by molar-refractivity contribution is 8.13. The molecule has 8 heteroatoms. The van der Waals surface area contributed by atoms with Crippen LogP contribution in [0.15, 0.2) is 17.0 Å². The van der Waals surface area contributed by atoms with Crippen LogP contribution in [0.5, 0.6) is 0 Å². The van der Waals surface area contributed by atoms with Crippen molar-refractivity contribution in [2.24, 2.45) is 0 Å². The average molecular weight is 338 g/mol. The Bertz CT molecular complexity index is 674. The number of hydrogen-bond acceptors (Lipinski definition) is 3. The van der Waals surface area contributed by atoms with Crippen LogP contribution in [0.1, 0.15) is 36.5 Å². The molecule has 0 bridgehead atoms. The van der Waals surface area contributed by atoms with Crippen molar-refractivity contribution in [3.8, 4) is 0 Å². The molecule has 0 atom stereocenters. The fourth-order valence-corrected chi connectivity index (χ4v) is 3.17. The van der Waals surface area contributed by atoms with E-state index in [0.29, 0.717) is 25.1 Å². The van der Waals surface area contributed by atoms with E-state index in [1.54, 1.807) is 0 Å². The van der Waals surface area contributed by atoms with Crippen LogP contribution in [0.2, 0.25) is 0 Å². The number of halogens is 3. The second kappa shape index (κ2) is 5.88. The number of benzene rings is 1. The van der Waals surface area contributed by atoms with Crippen molar-refractivity contribution in [3.05, 3.63) is 29.3 Å². The van der Waals surface area contributed by atoms with Crippen molar-refractivity contribution in [2.45, 2.75) is 37.1 Å². The minimum Gasteiger partial charge on any atom is -0.336 e. The standard InChI is InChI=1S/C13H14ClF2NO3S/c1-2-5-17(8-3-4-8)13(18)9-6-10(15)11(16)7-12(9)21(14,19)20/h6-8H,2-5H2,1H3. The Balaban J connectivity index is 2.51. The van der Waals surface area contributed by atoms with Gasteiger partial charge in [-0.1, -0.05) is 6.92 Å². The van der Waals surface area contributed by atoms with Crippen molar-refractivity contribution in [2.75, 3.05) is 6.54 Å². The summed E-state index contributed by atoms with van der Waals surface area (Å²) in [5.74, 6) is -3.29. The molecule has 0 unspecified atom stereocenters. The Kier molecular flexibility index (Phi) is 4.53. The van der Waals surface area contributed by atoms with Crippen molar-refractivity contribution in [1.29, 1.82) is 0 Å². The number of carbonyl (C=O) groups is 1. The van der Waals surface area contributed by atoms with E-state index >= 15 is 0 Å². The molecule has 1 aromatic rings. The minimum atomic E-state index is -4.35. The van der Waals surface area contributed by atoms with E-state index in [-0.39, 0.29) is 6.04 Å². The predicted octanol–water partition coefficient (Wildman–Crippen LogP) is 2.91. The normalized spacial score (nSPS) is 15.0. The summed E-state index contributed by atoms with van der Waals surface area (Å²) in [6.07, 6.45) is 2.31. The summed E-state index contributed by atoms with van der Waals surface area (Å²) in [6, 6.07) is 1.07. The van der Waals surface area contributed by atoms with Crippen molar-refractivity contribution >= 4 is 25.6 Å². The van der Waals surface area contributed by atoms with Gasteiger partial charge in [0.2, 0.25) is 0 Å². The molecule has 0 aromatic heterocycles. The van der Waals surface area contributed by atoms with Crippen LogP contribution in [-0.2, 0) is 9.05 Å². The van der Waals surface area contributed by atoms with Gasteiger partial charge in [0, 0.05) is 23.3 Å². The van der Waals surface area contributed by atoms with Gasteiger partial charge in [0.15, 0.2) is 11.6 Å². The Hall–Kier alpha value is -1.21. The smallest absolute Gasteiger partial charge is 0.262 e. The highest BCUT2D eigenvalue weighted by Gasteiger charge is 2.35. The third kappa shape index (κ3) is 3.52. The van der Waals surface area contributed by atoms with E-state index in [9.17, 15) is 22.0 Å². The van der Waals surface area contributed by atoms with Gasteiger partial charge in [0.05, 0.1) is 10.5 Å². The molecule has 1 aromatic carbocycles. The van der Waals surface area contributed by atoms with Gasteiger partial charge in [0.25, 0.3) is 15.0 Å². The third-order valence-electron chi connectivity index (χ3n) is 3.23. The van der Waals surface area contributed by atoms with Crippen LogP contribution in [0, 0.1) is 11.6 Å². The first kappa shape index (κ1) is 16.2. The van der Waals surface area contributed by atoms with Crippen LogP contribution in [0.4, 0.5) is 8.78 Å². The quantitative estimate of drug-likeness (QED) is 0.776. The summed E-state index contributed by atoms with van der Waals surface area (Å²) in [6.45, 7) is 2.29. The lowest BCUT2D eigenvalue weighted by Gasteiger charge is -2.22. The molecule has 1 aliphatic carbocycles. The van der Waals surface area contributed by atoms with E-state index in [1.165, 1.54) is 4.90 Å². The van der Waals surface area contributed by atoms with Gasteiger partial charge in [-0.05, 0) is 31.4 Å². The molecule has 0 N–H and O–H groups in total. The van der Waals surface area contributed by atoms with Crippen molar-refractivity contribution in [3.63, 3.8) is 0 Å². The molecule has 0 radical (unpaired) electrons. The van der Waals surface area contributed by atoms with Crippen LogP contribution in [-0.4, -0.2) is 31.8 Å². The third-order valence-corrected chi connectivity index (χ3v) is 4.59. The highest BCUT2D eigenvalue weighted by Crippen LogP contribution is 2.31. The molecule has 1 aliphatic rings. The molecule has 1 saturated carbocycles. The Morgan fingerprint density at radius 3 is 2.38 bits per heavy atom. The van der Waals surface area contributed by atoms with Gasteiger partial charge in [-0.25, -0.2) is 17.2 Å². The molecule has 21 heavy (non-hydrogen) atoms. The van der Waals surface area contributed by atoms with Crippen LogP contribution < -0.4 is 0 Å². The lowest BCUT2D eigenvalue weighted by Crippen LogP contribution is -2.34. The molecule has 0 heterocycles. The van der Waals surface area contributed by atoms with Gasteiger partial charge in [-0.3, -0.25) is 4.79 Å². The first-order valence-electron chi connectivity index (χ1n) is 6.50. The van der Waals surface area contributed by atoms with Crippen molar-refractivity contribution < 1.29 is 22.0 Å². The summed E-state index contributed by atoms with van der Waals surface area (Å²) in [5.41, 5.74) is -0.427. The SMILES string of the molecule is CCCN(C(=O)c1cc(F)c(F)cc1S(=O)(=O)Cl)C1CC1. The first-order valence-corrected chi connectivity index (χ1v) is 8.81. The molecule has 0 saturated heterocycles. The number of nitrogens with zero attached hydrogens (tertiary/aromatic N) is 1. The second-order valence-electron chi connectivity index (χ2n) is 4.93. The van der Waals surface area contributed by atoms with Gasteiger partial charge < -0.3 is 4.90 Å². The highest BCUT2D eigenvalue weighted by atomic mass is 35.7. The van der Waals surface area contributed by atoms with Gasteiger partial charge >= 0.3 is 0 Å². The summed E-state index contributed by atoms with van der Waals surface area (Å²) < 4.78 is 49.6. The predicted molar refractivity (Wildman–Crippen MR) is 73.7 cm³/mol. The summed E-state index contributed by atoms with van der Waals surface area (Å²) in [7, 11) is 0.868. The molecular weight excluding hydrogens is 324 g/mol. The molecule has 116 valence electrons. The molecule has 1 amide bonds. The summed E-state index contributed by atoms with van der Waals surface area (Å²) in [4.78, 5) is 13.2. The van der Waals surface area contributed by atoms with E-state index in [4.69, 9.17) is 10.7 Å². The zero-order chi connectivity index (χ0) is 15.8. The largest absolute Gasteiger partial charge is 0.336 e. The first-order chi connectivity index (χ1) is 9.75. The molecule has 0 spiro atoms. The Morgan fingerprint density at radius 1 is 1.33 bits per heavy atom. The molecule has 0 aliphatic heterocycles. The summed E-state index contributed by atoms with van der Waals surface area (Å²) >= 11 is 0. The number of hydrogen-bond donors (Lipinski definition) is 0. The van der Waals surface area contributed by atoms with E-state index < -0.39 is 37.1 Å². The molecular formula is C13H14ClF2NO3S. The van der Waals surface area contributed by atoms with Gasteiger partial charge in [-0.2, -0.15) is 0 Å². The molecule has 1 fully saturated rings. The Morgan fingerprint density at radius 2 is 1.90 bits per heavy atom. The molecule has 4 nitrogen and oxygen atoms in total. The van der Waals surface area contributed by atoms with E-state index in [0.717, 1.165) is 12.8 Å². The van der Waals surface area contributed by atoms with Gasteiger partial charge in [0.1, 0.15) is 0 Å². The fourth-order valence-electron chi connectivity index (χ4n) is 2.13. The topological polar surface area (TPSA) is 54.5 Å². The average Bonchev–Trinajstić information content (AvgIpc) is 3.21. The second-order valence-corrected chi connectivity index (χ2v) is 7.46. The van der Waals surface area contributed by atoms with E-state index in [1.807, 2.05) is 6.92 Å². The maximum absolute atomic E-state index is 13.4. The lowest BCUT2D eigenvalue weighted by molar-refractivity contribution is 0.0738. The maximum Gasteiger partial charge on any atom is 0.262 e. The monoisotopic (exact) mass is 337 g/mol. The number of carbonyl (C=O) groups excluding carboxylic acids is 1. The summed E-state index contributed by atoms with van der Waals surface area (Å²) in [5, 5.41) is 0. The molecule has 2 rings (SSSR count). The zero-order valence-corrected chi connectivity index (χ0v) is 12.8. The number of amides is 1. The van der Waals surface area contributed by atoms with Crippen LogP contribution in [0.25, 0.3) is 0 Å². The number of rotatable bonds is 5. The maximum atomic E-state index is 13.4. The lowest BCUT2D eigenvalue weighted by atomic mass is 10.1. The van der Waals surface area contributed by atoms with Crippen molar-refractivity contribution in [1.82, 2.24) is 4.90 Å². The van der Waals surface area contributed by atoms with Crippen LogP contribution in [0.3, 0.4) is 0 Å². The minimum absolute atomic E-state index is 0.0245. The van der Waals surface area contributed by atoms with Gasteiger partial charge in [-0.15, -0.1) is 0 Å². The Labute approximate surface area is 126 Å².